The van der Waals surface area contributed by atoms with Gasteiger partial charge in [0, 0.05) is 25.2 Å². The highest BCUT2D eigenvalue weighted by molar-refractivity contribution is 5.90. The first-order valence-electron chi connectivity index (χ1n) is 9.08. The fraction of sp³-hybridized carbons (Fsp3) is 0.174. The number of aryl methyl sites for hydroxylation is 1. The predicted molar refractivity (Wildman–Crippen MR) is 109 cm³/mol. The SMILES string of the molecule is Cc1ccc(CNCCC(=O)Nc2ccc(Oc3ccccc3)cc2)cc1. The maximum absolute atomic E-state index is 12.1. The molecule has 0 saturated carbocycles. The Morgan fingerprint density at radius 2 is 1.52 bits per heavy atom. The van der Waals surface area contributed by atoms with Crippen LogP contribution in [-0.2, 0) is 11.3 Å². The predicted octanol–water partition coefficient (Wildman–Crippen LogP) is 4.91. The standard InChI is InChI=1S/C23H24N2O2/c1-18-7-9-19(10-8-18)17-24-16-15-23(26)25-20-11-13-22(14-12-20)27-21-5-3-2-4-6-21/h2-14,24H,15-17H2,1H3,(H,25,26). The Balaban J connectivity index is 1.39. The van der Waals surface area contributed by atoms with Gasteiger partial charge < -0.3 is 15.4 Å². The van der Waals surface area contributed by atoms with Crippen LogP contribution in [0.3, 0.4) is 0 Å². The number of hydrogen-bond acceptors (Lipinski definition) is 3. The molecule has 0 aliphatic heterocycles. The largest absolute Gasteiger partial charge is 0.457 e. The van der Waals surface area contributed by atoms with Gasteiger partial charge in [0.25, 0.3) is 0 Å². The van der Waals surface area contributed by atoms with Gasteiger partial charge in [0.15, 0.2) is 0 Å². The Hall–Kier alpha value is -3.11. The lowest BCUT2D eigenvalue weighted by molar-refractivity contribution is -0.116. The van der Waals surface area contributed by atoms with E-state index in [1.807, 2.05) is 54.6 Å². The Morgan fingerprint density at radius 1 is 0.852 bits per heavy atom. The van der Waals surface area contributed by atoms with Crippen molar-refractivity contribution in [3.05, 3.63) is 90.0 Å². The third-order valence-corrected chi connectivity index (χ3v) is 4.10. The van der Waals surface area contributed by atoms with E-state index in [1.165, 1.54) is 11.1 Å². The zero-order chi connectivity index (χ0) is 18.9. The van der Waals surface area contributed by atoms with E-state index in [2.05, 4.69) is 41.8 Å². The summed E-state index contributed by atoms with van der Waals surface area (Å²) in [6.07, 6.45) is 0.425. The minimum atomic E-state index is -0.0110. The average Bonchev–Trinajstić information content (AvgIpc) is 2.69. The van der Waals surface area contributed by atoms with Crippen molar-refractivity contribution < 1.29 is 9.53 Å². The molecule has 27 heavy (non-hydrogen) atoms. The molecule has 3 rings (SSSR count). The van der Waals surface area contributed by atoms with E-state index in [9.17, 15) is 4.79 Å². The van der Waals surface area contributed by atoms with E-state index in [-0.39, 0.29) is 5.91 Å². The Bertz CT molecular complexity index is 844. The molecule has 1 amide bonds. The number of benzene rings is 3. The number of carbonyl (C=O) groups excluding carboxylic acids is 1. The number of rotatable bonds is 8. The highest BCUT2D eigenvalue weighted by Crippen LogP contribution is 2.22. The van der Waals surface area contributed by atoms with Crippen LogP contribution in [0, 0.1) is 6.92 Å². The lowest BCUT2D eigenvalue weighted by Gasteiger charge is -2.09. The molecule has 3 aromatic rings. The van der Waals surface area contributed by atoms with Crippen molar-refractivity contribution >= 4 is 11.6 Å². The highest BCUT2D eigenvalue weighted by atomic mass is 16.5. The molecular formula is C23H24N2O2. The molecule has 0 saturated heterocycles. The summed E-state index contributed by atoms with van der Waals surface area (Å²) in [7, 11) is 0. The van der Waals surface area contributed by atoms with Crippen molar-refractivity contribution in [2.45, 2.75) is 19.9 Å². The van der Waals surface area contributed by atoms with Crippen LogP contribution in [0.1, 0.15) is 17.5 Å². The van der Waals surface area contributed by atoms with Crippen LogP contribution in [0.4, 0.5) is 5.69 Å². The smallest absolute Gasteiger partial charge is 0.225 e. The highest BCUT2D eigenvalue weighted by Gasteiger charge is 2.03. The van der Waals surface area contributed by atoms with Gasteiger partial charge in [-0.15, -0.1) is 0 Å². The molecule has 0 radical (unpaired) electrons. The molecule has 0 bridgehead atoms. The van der Waals surface area contributed by atoms with Crippen LogP contribution >= 0.6 is 0 Å². The molecule has 0 unspecified atom stereocenters. The number of para-hydroxylation sites is 1. The van der Waals surface area contributed by atoms with Crippen molar-refractivity contribution in [3.63, 3.8) is 0 Å². The van der Waals surface area contributed by atoms with Crippen LogP contribution in [-0.4, -0.2) is 12.5 Å². The molecule has 4 heteroatoms. The van der Waals surface area contributed by atoms with Gasteiger partial charge in [-0.2, -0.15) is 0 Å². The molecule has 2 N–H and O–H groups in total. The fourth-order valence-corrected chi connectivity index (χ4v) is 2.59. The summed E-state index contributed by atoms with van der Waals surface area (Å²) in [4.78, 5) is 12.1. The van der Waals surface area contributed by atoms with Crippen molar-refractivity contribution in [2.24, 2.45) is 0 Å². The number of nitrogens with one attached hydrogen (secondary N) is 2. The molecule has 0 heterocycles. The first-order valence-corrected chi connectivity index (χ1v) is 9.08. The first kappa shape index (κ1) is 18.7. The van der Waals surface area contributed by atoms with Crippen LogP contribution in [0.5, 0.6) is 11.5 Å². The summed E-state index contributed by atoms with van der Waals surface area (Å²) in [6, 6.07) is 25.4. The summed E-state index contributed by atoms with van der Waals surface area (Å²) in [6.45, 7) is 3.47. The molecule has 0 spiro atoms. The van der Waals surface area contributed by atoms with E-state index in [0.717, 1.165) is 23.7 Å². The summed E-state index contributed by atoms with van der Waals surface area (Å²) < 4.78 is 5.74. The Kier molecular flexibility index (Phi) is 6.61. The second-order valence-electron chi connectivity index (χ2n) is 6.40. The van der Waals surface area contributed by atoms with Gasteiger partial charge in [0.05, 0.1) is 0 Å². The average molecular weight is 360 g/mol. The summed E-state index contributed by atoms with van der Waals surface area (Å²) in [5, 5.41) is 6.20. The first-order chi connectivity index (χ1) is 13.2. The second-order valence-corrected chi connectivity index (χ2v) is 6.40. The Labute approximate surface area is 160 Å². The third-order valence-electron chi connectivity index (χ3n) is 4.10. The Morgan fingerprint density at radius 3 is 2.22 bits per heavy atom. The molecule has 0 aromatic heterocycles. The molecular weight excluding hydrogens is 336 g/mol. The van der Waals surface area contributed by atoms with Gasteiger partial charge in [-0.1, -0.05) is 48.0 Å². The van der Waals surface area contributed by atoms with Gasteiger partial charge in [-0.3, -0.25) is 4.79 Å². The van der Waals surface area contributed by atoms with Crippen LogP contribution in [0.15, 0.2) is 78.9 Å². The topological polar surface area (TPSA) is 50.4 Å². The molecule has 3 aromatic carbocycles. The molecule has 0 aliphatic rings. The van der Waals surface area contributed by atoms with Crippen molar-refractivity contribution in [3.8, 4) is 11.5 Å². The maximum Gasteiger partial charge on any atom is 0.225 e. The van der Waals surface area contributed by atoms with Gasteiger partial charge in [0.2, 0.25) is 5.91 Å². The summed E-state index contributed by atoms with van der Waals surface area (Å²) in [5.41, 5.74) is 3.23. The van der Waals surface area contributed by atoms with E-state index in [0.29, 0.717) is 13.0 Å². The summed E-state index contributed by atoms with van der Waals surface area (Å²) >= 11 is 0. The van der Waals surface area contributed by atoms with E-state index >= 15 is 0 Å². The third kappa shape index (κ3) is 6.28. The van der Waals surface area contributed by atoms with Crippen molar-refractivity contribution in [1.82, 2.24) is 5.32 Å². The normalized spacial score (nSPS) is 10.4. The van der Waals surface area contributed by atoms with Gasteiger partial charge >= 0.3 is 0 Å². The van der Waals surface area contributed by atoms with Crippen molar-refractivity contribution in [1.29, 1.82) is 0 Å². The van der Waals surface area contributed by atoms with Crippen LogP contribution < -0.4 is 15.4 Å². The number of ether oxygens (including phenoxy) is 1. The van der Waals surface area contributed by atoms with Gasteiger partial charge in [-0.25, -0.2) is 0 Å². The lowest BCUT2D eigenvalue weighted by atomic mass is 10.1. The molecule has 4 nitrogen and oxygen atoms in total. The fourth-order valence-electron chi connectivity index (χ4n) is 2.59. The van der Waals surface area contributed by atoms with Crippen LogP contribution in [0.25, 0.3) is 0 Å². The maximum atomic E-state index is 12.1. The number of hydrogen-bond donors (Lipinski definition) is 2. The van der Waals surface area contributed by atoms with Crippen LogP contribution in [0.2, 0.25) is 0 Å². The van der Waals surface area contributed by atoms with Gasteiger partial charge in [0.1, 0.15) is 11.5 Å². The van der Waals surface area contributed by atoms with E-state index < -0.39 is 0 Å². The number of anilines is 1. The molecule has 0 aliphatic carbocycles. The number of carbonyl (C=O) groups is 1. The zero-order valence-electron chi connectivity index (χ0n) is 15.4. The van der Waals surface area contributed by atoms with Gasteiger partial charge in [-0.05, 0) is 48.9 Å². The van der Waals surface area contributed by atoms with Crippen molar-refractivity contribution in [2.75, 3.05) is 11.9 Å². The molecule has 0 atom stereocenters. The monoisotopic (exact) mass is 360 g/mol. The quantitative estimate of drug-likeness (QED) is 0.562. The minimum absolute atomic E-state index is 0.0110. The molecule has 0 fully saturated rings. The lowest BCUT2D eigenvalue weighted by Crippen LogP contribution is -2.21. The zero-order valence-corrected chi connectivity index (χ0v) is 15.4. The number of amides is 1. The second kappa shape index (κ2) is 9.55. The van der Waals surface area contributed by atoms with E-state index in [4.69, 9.17) is 4.74 Å². The van der Waals surface area contributed by atoms with E-state index in [1.54, 1.807) is 0 Å². The minimum Gasteiger partial charge on any atom is -0.457 e. The summed E-state index contributed by atoms with van der Waals surface area (Å²) in [5.74, 6) is 1.51. The molecule has 138 valence electrons.